The van der Waals surface area contributed by atoms with Crippen molar-refractivity contribution < 1.29 is 58.5 Å². The van der Waals surface area contributed by atoms with Crippen LogP contribution >= 0.6 is 0 Å². The van der Waals surface area contributed by atoms with Crippen LogP contribution in [-0.2, 0) is 23.7 Å². The molecule has 2 aromatic rings. The lowest BCUT2D eigenvalue weighted by molar-refractivity contribution is -0.114. The van der Waals surface area contributed by atoms with Gasteiger partial charge < -0.3 is 64.5 Å². The van der Waals surface area contributed by atoms with Crippen molar-refractivity contribution >= 4 is 34.2 Å². The Hall–Kier alpha value is -5.11. The Labute approximate surface area is 429 Å². The van der Waals surface area contributed by atoms with E-state index in [2.05, 4.69) is 39.3 Å². The van der Waals surface area contributed by atoms with E-state index < -0.39 is 83.1 Å². The van der Waals surface area contributed by atoms with E-state index in [4.69, 9.17) is 28.7 Å². The molecular weight excluding hydrogens is 937 g/mol. The number of hydrogen-bond acceptors (Lipinski definition) is 16. The Bertz CT molecular complexity index is 2630. The summed E-state index contributed by atoms with van der Waals surface area (Å²) in [6.45, 7) is 24.7. The molecule has 73 heavy (non-hydrogen) atoms. The third-order valence-electron chi connectivity index (χ3n) is 15.9. The number of nitrogens with zero attached hydrogens (tertiary/aromatic N) is 4. The second kappa shape index (κ2) is 22.0. The van der Waals surface area contributed by atoms with Gasteiger partial charge in [0, 0.05) is 119 Å². The van der Waals surface area contributed by atoms with E-state index in [1.54, 1.807) is 66.0 Å². The van der Waals surface area contributed by atoms with Gasteiger partial charge in [-0.2, -0.15) is 0 Å². The lowest BCUT2D eigenvalue weighted by Crippen LogP contribution is -2.51. The number of allylic oxidation sites excluding steroid dienone is 2. The number of likely N-dealkylation sites (tertiary alicyclic amines) is 2. The van der Waals surface area contributed by atoms with Gasteiger partial charge in [0.05, 0.1) is 46.8 Å². The predicted molar refractivity (Wildman–Crippen MR) is 276 cm³/mol. The van der Waals surface area contributed by atoms with Crippen molar-refractivity contribution in [2.75, 3.05) is 58.8 Å². The van der Waals surface area contributed by atoms with E-state index >= 15 is 0 Å². The van der Waals surface area contributed by atoms with Gasteiger partial charge in [0.25, 0.3) is 11.7 Å². The molecule has 0 unspecified atom stereocenters. The second-order valence-corrected chi connectivity index (χ2v) is 22.4. The smallest absolute Gasteiger partial charge is 0.407 e. The normalized spacial score (nSPS) is 31.3. The molecule has 6 aliphatic rings. The number of fused-ring (bicyclic) bond motifs is 13. The van der Waals surface area contributed by atoms with Crippen LogP contribution in [0.25, 0.3) is 10.8 Å². The number of rotatable bonds is 8. The molecule has 0 aliphatic carbocycles. The summed E-state index contributed by atoms with van der Waals surface area (Å²) in [5.74, 6) is -6.28. The van der Waals surface area contributed by atoms with Crippen molar-refractivity contribution in [3.05, 3.63) is 58.0 Å². The van der Waals surface area contributed by atoms with Crippen LogP contribution < -0.4 is 26.1 Å². The number of phenolic OH excluding ortho intramolecular Hbond substituents is 2. The van der Waals surface area contributed by atoms with Crippen LogP contribution in [-0.4, -0.2) is 149 Å². The van der Waals surface area contributed by atoms with Crippen LogP contribution in [0.2, 0.25) is 0 Å². The van der Waals surface area contributed by atoms with Crippen molar-refractivity contribution in [1.82, 2.24) is 15.1 Å². The van der Waals surface area contributed by atoms with Crippen molar-refractivity contribution in [1.29, 1.82) is 0 Å². The first kappa shape index (κ1) is 55.6. The zero-order valence-electron chi connectivity index (χ0n) is 45.1. The van der Waals surface area contributed by atoms with Crippen molar-refractivity contribution in [2.45, 2.75) is 149 Å². The number of carbonyl (C=O) groups excluding carboxylic acids is 3. The zero-order valence-corrected chi connectivity index (χ0v) is 45.1. The highest BCUT2D eigenvalue weighted by molar-refractivity contribution is 6.21. The highest BCUT2D eigenvalue weighted by atomic mass is 16.7. The van der Waals surface area contributed by atoms with Crippen molar-refractivity contribution in [3.8, 4) is 17.2 Å². The summed E-state index contributed by atoms with van der Waals surface area (Å²) < 4.78 is 30.5. The summed E-state index contributed by atoms with van der Waals surface area (Å²) in [5.41, 5.74) is -0.458. The third kappa shape index (κ3) is 11.4. The van der Waals surface area contributed by atoms with Crippen molar-refractivity contribution in [2.24, 2.45) is 39.6 Å². The molecule has 6 aliphatic heterocycles. The summed E-state index contributed by atoms with van der Waals surface area (Å²) in [7, 11) is 3.18. The zero-order chi connectivity index (χ0) is 53.5. The Morgan fingerprint density at radius 2 is 1.60 bits per heavy atom. The molecule has 0 saturated carbocycles. The summed E-state index contributed by atoms with van der Waals surface area (Å²) >= 11 is 0. The van der Waals surface area contributed by atoms with Crippen LogP contribution in [0.3, 0.4) is 0 Å². The van der Waals surface area contributed by atoms with Gasteiger partial charge in [-0.05, 0) is 52.5 Å². The van der Waals surface area contributed by atoms with Gasteiger partial charge >= 0.3 is 11.9 Å². The fourth-order valence-corrected chi connectivity index (χ4v) is 11.2. The summed E-state index contributed by atoms with van der Waals surface area (Å²) in [4.78, 5) is 57.2. The number of benzene rings is 2. The first-order chi connectivity index (χ1) is 34.3. The molecular formula is C55H80N6O12. The monoisotopic (exact) mass is 1020 g/mol. The molecule has 0 aromatic heterocycles. The number of aromatic hydroxyl groups is 2. The highest BCUT2D eigenvalue weighted by Crippen LogP contribution is 2.51. The standard InChI is InChI=1S/C55H80N6O12/c1-29(2)27-60-24-20-55(21-25-60)58-41-38-39-46(64)35(8)49-40(38)50(66)54(11,73-49)71-26-19-37(69-12)32(5)48(72-52(68)56-36-17-22-61(23-18-36)28-53(9,10)70-13)34(7)45(63)33(6)44(62)30(3)15-14-16-31(4)51(67)57-43(47(39)65)42(41)59-55/h14-16,19,26,29-30,32-34,36-37,44-45,48,58,62-65H,17-18,20-25,27-28H2,1-13H3,(H,56,68)/b15-14+,26-19+,31-16-,57-43?/t30-,32+,33+,34+,37-,44-,45+,48+,54-/m0/s1. The van der Waals surface area contributed by atoms with E-state index in [-0.39, 0.29) is 61.3 Å². The number of hydrogen-bond donors (Lipinski definition) is 6. The first-order valence-electron chi connectivity index (χ1n) is 26.0. The van der Waals surface area contributed by atoms with Gasteiger partial charge in [0.15, 0.2) is 5.75 Å². The fourth-order valence-electron chi connectivity index (χ4n) is 11.2. The topological polar surface area (TPSA) is 234 Å². The average molecular weight is 1020 g/mol. The lowest BCUT2D eigenvalue weighted by Gasteiger charge is -2.39. The van der Waals surface area contributed by atoms with Crippen molar-refractivity contribution in [3.63, 3.8) is 0 Å². The van der Waals surface area contributed by atoms with Crippen LogP contribution in [0.15, 0.2) is 46.1 Å². The molecule has 18 nitrogen and oxygen atoms in total. The SMILES string of the molecule is CO[C@H]1/C=C/O[C@@]2(C)Oc3c(C)c(O)c4c(O)c(c5c(c4c3C2=O)NC2(CCN(CC(C)C)CC2)N=5)=NC(=O)/C(C)=C\C=C\[C@H](C)[C@H](O)[C@@H](C)[C@@H](O)[C@@H](C)[C@H](OC(=O)NC2CCN(CC(C)(C)OC)CC2)[C@@H]1C. The molecule has 2 aromatic carbocycles. The molecule has 6 heterocycles. The van der Waals surface area contributed by atoms with Crippen LogP contribution in [0, 0.1) is 36.5 Å². The number of piperidine rings is 2. The van der Waals surface area contributed by atoms with Gasteiger partial charge in [-0.15, -0.1) is 0 Å². The lowest BCUT2D eigenvalue weighted by atomic mass is 9.78. The number of aliphatic hydroxyl groups is 2. The molecule has 2 saturated heterocycles. The molecule has 1 spiro atoms. The number of carbonyl (C=O) groups is 3. The number of ketones is 1. The summed E-state index contributed by atoms with van der Waals surface area (Å²) in [6, 6.07) is -0.149. The van der Waals surface area contributed by atoms with Gasteiger partial charge in [0.2, 0.25) is 0 Å². The average Bonchev–Trinajstić information content (AvgIpc) is 3.85. The van der Waals surface area contributed by atoms with E-state index in [0.29, 0.717) is 50.4 Å². The number of nitrogens with one attached hydrogen (secondary N) is 2. The molecule has 5 bridgehead atoms. The fraction of sp³-hybridized carbons (Fsp3) is 0.655. The molecule has 6 N–H and O–H groups in total. The Balaban J connectivity index is 1.28. The van der Waals surface area contributed by atoms with E-state index in [9.17, 15) is 34.8 Å². The maximum absolute atomic E-state index is 15.0. The minimum Gasteiger partial charge on any atom is -0.507 e. The molecule has 2 fully saturated rings. The number of methoxy groups -OCH3 is 2. The van der Waals surface area contributed by atoms with Crippen LogP contribution in [0.5, 0.6) is 17.2 Å². The van der Waals surface area contributed by atoms with Gasteiger partial charge in [0.1, 0.15) is 34.0 Å². The summed E-state index contributed by atoms with van der Waals surface area (Å²) in [6.07, 6.45) is 5.64. The first-order valence-corrected chi connectivity index (χ1v) is 26.0. The minimum atomic E-state index is -1.98. The highest BCUT2D eigenvalue weighted by Gasteiger charge is 2.51. The Morgan fingerprint density at radius 1 is 0.932 bits per heavy atom. The van der Waals surface area contributed by atoms with Gasteiger partial charge in [-0.25, -0.2) is 9.79 Å². The Kier molecular flexibility index (Phi) is 16.8. The number of amides is 2. The van der Waals surface area contributed by atoms with Gasteiger partial charge in [-0.1, -0.05) is 59.8 Å². The molecule has 0 radical (unpaired) electrons. The number of phenols is 2. The molecule has 8 rings (SSSR count). The maximum Gasteiger partial charge on any atom is 0.407 e. The van der Waals surface area contributed by atoms with E-state index in [0.717, 1.165) is 26.2 Å². The second-order valence-electron chi connectivity index (χ2n) is 22.4. The molecule has 9 atom stereocenters. The van der Waals surface area contributed by atoms with Gasteiger partial charge in [-0.3, -0.25) is 14.6 Å². The molecule has 2 amide bonds. The van der Waals surface area contributed by atoms with E-state index in [1.807, 2.05) is 20.8 Å². The van der Waals surface area contributed by atoms with E-state index in [1.165, 1.54) is 20.3 Å². The largest absolute Gasteiger partial charge is 0.507 e. The van der Waals surface area contributed by atoms with Crippen LogP contribution in [0.1, 0.15) is 111 Å². The maximum atomic E-state index is 15.0. The number of aliphatic hydroxyl groups excluding tert-OH is 2. The third-order valence-corrected chi connectivity index (χ3v) is 15.9. The van der Waals surface area contributed by atoms with Crippen LogP contribution in [0.4, 0.5) is 10.5 Å². The quantitative estimate of drug-likeness (QED) is 0.172. The molecule has 402 valence electrons. The number of Topliss-reactive ketones (excluding diaryl/α,β-unsaturated/α-hetero) is 1. The Morgan fingerprint density at radius 3 is 2.23 bits per heavy atom. The number of ether oxygens (including phenoxy) is 5. The minimum absolute atomic E-state index is 0.0483. The predicted octanol–water partition coefficient (Wildman–Crippen LogP) is 5.80. The number of anilines is 1. The molecule has 18 heteroatoms. The number of alkyl carbamates (subject to hydrolysis) is 1. The summed E-state index contributed by atoms with van der Waals surface area (Å²) in [5, 5.41) is 54.6.